The lowest BCUT2D eigenvalue weighted by Crippen LogP contribution is -2.37. The lowest BCUT2D eigenvalue weighted by Gasteiger charge is -2.37. The molecule has 0 bridgehead atoms. The van der Waals surface area contributed by atoms with Crippen molar-refractivity contribution in [3.8, 4) is 0 Å². The molecule has 2 aliphatic heterocycles. The van der Waals surface area contributed by atoms with Crippen LogP contribution in [0.3, 0.4) is 0 Å². The highest BCUT2D eigenvalue weighted by molar-refractivity contribution is 7.75. The minimum atomic E-state index is 0.949. The summed E-state index contributed by atoms with van der Waals surface area (Å²) in [4.78, 5) is 2.46. The van der Waals surface area contributed by atoms with E-state index in [2.05, 4.69) is 9.47 Å². The highest BCUT2D eigenvalue weighted by Crippen LogP contribution is 2.33. The van der Waals surface area contributed by atoms with Gasteiger partial charge in [-0.2, -0.15) is 0 Å². The van der Waals surface area contributed by atoms with Gasteiger partial charge in [0.1, 0.15) is 5.82 Å². The van der Waals surface area contributed by atoms with Gasteiger partial charge < -0.3 is 9.47 Å². The second-order valence-corrected chi connectivity index (χ2v) is 6.36. The van der Waals surface area contributed by atoms with Crippen LogP contribution in [0.1, 0.15) is 18.4 Å². The van der Waals surface area contributed by atoms with E-state index < -0.39 is 0 Å². The third-order valence-electron chi connectivity index (χ3n) is 3.14. The molecule has 0 aromatic carbocycles. The van der Waals surface area contributed by atoms with Crippen molar-refractivity contribution < 1.29 is 0 Å². The number of hydrogen-bond donors (Lipinski definition) is 0. The molecule has 15 heavy (non-hydrogen) atoms. The molecule has 3 rings (SSSR count). The lowest BCUT2D eigenvalue weighted by atomic mass is 10.1. The number of rotatable bonds is 0. The van der Waals surface area contributed by atoms with Gasteiger partial charge in [0.15, 0.2) is 3.95 Å². The van der Waals surface area contributed by atoms with Crippen LogP contribution in [0, 0.1) is 7.78 Å². The Hall–Kier alpha value is -0.260. The van der Waals surface area contributed by atoms with Crippen molar-refractivity contribution in [2.24, 2.45) is 0 Å². The topological polar surface area (TPSA) is 8.17 Å². The molecule has 0 atom stereocenters. The van der Waals surface area contributed by atoms with E-state index in [9.17, 15) is 0 Å². The van der Waals surface area contributed by atoms with Crippen molar-refractivity contribution in [2.45, 2.75) is 25.8 Å². The average Bonchev–Trinajstić information content (AvgIpc) is 2.25. The van der Waals surface area contributed by atoms with Gasteiger partial charge >= 0.3 is 0 Å². The Labute approximate surface area is 103 Å². The molecule has 0 fully saturated rings. The van der Waals surface area contributed by atoms with Crippen LogP contribution in [-0.4, -0.2) is 17.7 Å². The van der Waals surface area contributed by atoms with Gasteiger partial charge in [0.05, 0.1) is 3.82 Å². The zero-order chi connectivity index (χ0) is 10.4. The summed E-state index contributed by atoms with van der Waals surface area (Å²) in [5, 5.41) is 0. The van der Waals surface area contributed by atoms with Gasteiger partial charge in [0.2, 0.25) is 0 Å². The van der Waals surface area contributed by atoms with Crippen molar-refractivity contribution in [1.29, 1.82) is 0 Å². The molecule has 5 heteroatoms. The molecular weight excluding hydrogens is 244 g/mol. The van der Waals surface area contributed by atoms with Crippen LogP contribution in [0.4, 0.5) is 5.82 Å². The largest absolute Gasteiger partial charge is 0.358 e. The number of aromatic nitrogens is 1. The van der Waals surface area contributed by atoms with E-state index in [0.717, 1.165) is 20.7 Å². The predicted molar refractivity (Wildman–Crippen MR) is 69.1 cm³/mol. The maximum atomic E-state index is 5.42. The first-order valence-electron chi connectivity index (χ1n) is 5.29. The molecule has 0 unspecified atom stereocenters. The van der Waals surface area contributed by atoms with Crippen molar-refractivity contribution in [2.75, 3.05) is 18.0 Å². The van der Waals surface area contributed by atoms with Crippen LogP contribution in [0.5, 0.6) is 0 Å². The van der Waals surface area contributed by atoms with Gasteiger partial charge in [-0.1, -0.05) is 23.6 Å². The molecule has 0 radical (unpaired) electrons. The third-order valence-corrected chi connectivity index (χ3v) is 4.93. The standard InChI is InChI=1S/C10H12N2S3/c13-9-7-3-1-4-11-5-2-6-12(8(7)11)10(14)15-9/h1-6H2. The molecule has 0 amide bonds. The molecule has 0 saturated heterocycles. The fraction of sp³-hybridized carbons (Fsp3) is 0.600. The van der Waals surface area contributed by atoms with E-state index in [1.54, 1.807) is 11.3 Å². The highest BCUT2D eigenvalue weighted by atomic mass is 32.2. The van der Waals surface area contributed by atoms with Gasteiger partial charge in [-0.15, -0.1) is 0 Å². The van der Waals surface area contributed by atoms with Crippen LogP contribution >= 0.6 is 35.8 Å². The monoisotopic (exact) mass is 256 g/mol. The molecule has 80 valence electrons. The van der Waals surface area contributed by atoms with E-state index in [0.29, 0.717) is 0 Å². The molecule has 0 saturated carbocycles. The second kappa shape index (κ2) is 3.64. The first-order valence-corrected chi connectivity index (χ1v) is 6.92. The normalized spacial score (nSPS) is 18.8. The number of hydrogen-bond acceptors (Lipinski definition) is 4. The van der Waals surface area contributed by atoms with Gasteiger partial charge in [0, 0.05) is 25.2 Å². The Kier molecular flexibility index (Phi) is 2.41. The molecule has 3 heterocycles. The minimum absolute atomic E-state index is 0.949. The van der Waals surface area contributed by atoms with Crippen LogP contribution in [0.25, 0.3) is 0 Å². The first kappa shape index (κ1) is 9.93. The van der Waals surface area contributed by atoms with Crippen molar-refractivity contribution >= 4 is 41.6 Å². The highest BCUT2D eigenvalue weighted by Gasteiger charge is 2.24. The van der Waals surface area contributed by atoms with E-state index in [4.69, 9.17) is 24.4 Å². The van der Waals surface area contributed by atoms with Crippen molar-refractivity contribution in [3.05, 3.63) is 13.3 Å². The van der Waals surface area contributed by atoms with Crippen molar-refractivity contribution in [3.63, 3.8) is 0 Å². The van der Waals surface area contributed by atoms with E-state index in [-0.39, 0.29) is 0 Å². The Morgan fingerprint density at radius 1 is 1.07 bits per heavy atom. The summed E-state index contributed by atoms with van der Waals surface area (Å²) >= 11 is 12.4. The second-order valence-electron chi connectivity index (χ2n) is 4.05. The Bertz CT molecular complexity index is 472. The van der Waals surface area contributed by atoms with E-state index in [1.165, 1.54) is 37.3 Å². The summed E-state index contributed by atoms with van der Waals surface area (Å²) in [6.07, 6.45) is 3.58. The summed E-state index contributed by atoms with van der Waals surface area (Å²) in [6, 6.07) is 0. The fourth-order valence-electron chi connectivity index (χ4n) is 2.50. The number of nitrogens with zero attached hydrogens (tertiary/aromatic N) is 2. The molecule has 0 spiro atoms. The number of anilines is 1. The first-order chi connectivity index (χ1) is 7.27. The van der Waals surface area contributed by atoms with Crippen LogP contribution < -0.4 is 4.90 Å². The third kappa shape index (κ3) is 1.48. The van der Waals surface area contributed by atoms with E-state index >= 15 is 0 Å². The van der Waals surface area contributed by atoms with Gasteiger partial charge in [-0.05, 0) is 31.5 Å². The zero-order valence-corrected chi connectivity index (χ0v) is 10.8. The fourth-order valence-corrected chi connectivity index (χ4v) is 4.28. The Morgan fingerprint density at radius 3 is 2.73 bits per heavy atom. The van der Waals surface area contributed by atoms with Crippen molar-refractivity contribution in [1.82, 2.24) is 4.57 Å². The SMILES string of the molecule is S=c1sc(=S)n2c3c1CCCN3CCC2. The summed E-state index contributed by atoms with van der Waals surface area (Å²) in [5.74, 6) is 1.33. The Morgan fingerprint density at radius 2 is 1.87 bits per heavy atom. The molecule has 1 aromatic rings. The van der Waals surface area contributed by atoms with Crippen LogP contribution in [-0.2, 0) is 13.0 Å². The molecule has 0 aliphatic carbocycles. The average molecular weight is 256 g/mol. The summed E-state index contributed by atoms with van der Waals surface area (Å²) in [5.41, 5.74) is 1.37. The predicted octanol–water partition coefficient (Wildman–Crippen LogP) is 3.16. The summed E-state index contributed by atoms with van der Waals surface area (Å²) in [6.45, 7) is 3.42. The molecular formula is C10H12N2S3. The quantitative estimate of drug-likeness (QED) is 0.659. The minimum Gasteiger partial charge on any atom is -0.358 e. The Balaban J connectivity index is 2.36. The smallest absolute Gasteiger partial charge is 0.163 e. The van der Waals surface area contributed by atoms with Gasteiger partial charge in [-0.25, -0.2) is 0 Å². The van der Waals surface area contributed by atoms with Crippen LogP contribution in [0.2, 0.25) is 0 Å². The van der Waals surface area contributed by atoms with E-state index in [1.807, 2.05) is 0 Å². The molecule has 2 nitrogen and oxygen atoms in total. The van der Waals surface area contributed by atoms with Gasteiger partial charge in [0.25, 0.3) is 0 Å². The molecule has 0 N–H and O–H groups in total. The lowest BCUT2D eigenvalue weighted by molar-refractivity contribution is 0.529. The van der Waals surface area contributed by atoms with Crippen LogP contribution in [0.15, 0.2) is 0 Å². The summed E-state index contributed by atoms with van der Waals surface area (Å²) in [7, 11) is 0. The molecule has 2 aliphatic rings. The maximum absolute atomic E-state index is 5.42. The maximum Gasteiger partial charge on any atom is 0.163 e. The molecule has 1 aromatic heterocycles. The zero-order valence-electron chi connectivity index (χ0n) is 8.36. The summed E-state index contributed by atoms with van der Waals surface area (Å²) < 4.78 is 4.25. The van der Waals surface area contributed by atoms with Gasteiger partial charge in [-0.3, -0.25) is 0 Å².